The van der Waals surface area contributed by atoms with Crippen LogP contribution in [0.4, 0.5) is 8.78 Å². The highest BCUT2D eigenvalue weighted by Crippen LogP contribution is 2.31. The lowest BCUT2D eigenvalue weighted by Gasteiger charge is -2.33. The number of aromatic nitrogens is 2. The highest BCUT2D eigenvalue weighted by molar-refractivity contribution is 6.01. The molecule has 4 rings (SSSR count). The third-order valence-corrected chi connectivity index (χ3v) is 5.46. The third kappa shape index (κ3) is 4.75. The number of likely N-dealkylation sites (N-methyl/N-ethyl adjacent to an activating group) is 1. The largest absolute Gasteiger partial charge is 0.435 e. The van der Waals surface area contributed by atoms with Crippen molar-refractivity contribution < 1.29 is 18.3 Å². The van der Waals surface area contributed by atoms with Gasteiger partial charge in [-0.2, -0.15) is 8.78 Å². The molecule has 166 valence electrons. The van der Waals surface area contributed by atoms with Gasteiger partial charge in [0.15, 0.2) is 5.82 Å². The van der Waals surface area contributed by atoms with E-state index in [0.717, 1.165) is 18.7 Å². The van der Waals surface area contributed by atoms with Crippen LogP contribution in [0, 0.1) is 6.92 Å². The number of halogens is 2. The van der Waals surface area contributed by atoms with Gasteiger partial charge in [0.2, 0.25) is 0 Å². The number of carbonyl (C=O) groups is 1. The average molecular weight is 438 g/mol. The van der Waals surface area contributed by atoms with Crippen LogP contribution in [0.15, 0.2) is 54.6 Å². The molecule has 32 heavy (non-hydrogen) atoms. The lowest BCUT2D eigenvalue weighted by atomic mass is 10.0. The number of alkyl halides is 2. The van der Waals surface area contributed by atoms with Gasteiger partial charge in [0, 0.05) is 37.3 Å². The molecule has 0 bridgehead atoms. The molecule has 0 radical (unpaired) electrons. The fourth-order valence-corrected chi connectivity index (χ4v) is 3.74. The molecule has 0 aliphatic carbocycles. The smallest absolute Gasteiger partial charge is 0.387 e. The summed E-state index contributed by atoms with van der Waals surface area (Å²) in [6.07, 6.45) is 0. The Morgan fingerprint density at radius 1 is 0.969 bits per heavy atom. The van der Waals surface area contributed by atoms with Gasteiger partial charge < -0.3 is 14.5 Å². The zero-order valence-corrected chi connectivity index (χ0v) is 18.0. The predicted octanol–water partition coefficient (Wildman–Crippen LogP) is 4.11. The van der Waals surface area contributed by atoms with E-state index in [1.54, 1.807) is 24.0 Å². The van der Waals surface area contributed by atoms with E-state index >= 15 is 0 Å². The van der Waals surface area contributed by atoms with Crippen molar-refractivity contribution in [3.8, 4) is 28.4 Å². The first-order chi connectivity index (χ1) is 15.4. The van der Waals surface area contributed by atoms with Gasteiger partial charge >= 0.3 is 6.61 Å². The van der Waals surface area contributed by atoms with Crippen molar-refractivity contribution in [1.29, 1.82) is 0 Å². The molecule has 1 aromatic heterocycles. The van der Waals surface area contributed by atoms with Crippen molar-refractivity contribution in [3.63, 3.8) is 0 Å². The quantitative estimate of drug-likeness (QED) is 0.600. The molecule has 0 unspecified atom stereocenters. The first-order valence-corrected chi connectivity index (χ1v) is 10.4. The Morgan fingerprint density at radius 3 is 2.34 bits per heavy atom. The van der Waals surface area contributed by atoms with Gasteiger partial charge in [-0.05, 0) is 26.1 Å². The van der Waals surface area contributed by atoms with Gasteiger partial charge in [-0.25, -0.2) is 9.97 Å². The maximum Gasteiger partial charge on any atom is 0.387 e. The van der Waals surface area contributed by atoms with Crippen molar-refractivity contribution in [2.75, 3.05) is 33.2 Å². The van der Waals surface area contributed by atoms with E-state index in [1.807, 2.05) is 37.4 Å². The number of hydrogen-bond acceptors (Lipinski definition) is 5. The van der Waals surface area contributed by atoms with Crippen molar-refractivity contribution in [1.82, 2.24) is 19.8 Å². The second-order valence-electron chi connectivity index (χ2n) is 7.72. The molecule has 0 spiro atoms. The van der Waals surface area contributed by atoms with E-state index < -0.39 is 6.61 Å². The third-order valence-electron chi connectivity index (χ3n) is 5.46. The summed E-state index contributed by atoms with van der Waals surface area (Å²) in [7, 11) is 2.02. The van der Waals surface area contributed by atoms with Crippen LogP contribution < -0.4 is 4.74 Å². The van der Waals surface area contributed by atoms with Crippen LogP contribution in [0.5, 0.6) is 5.75 Å². The van der Waals surface area contributed by atoms with Crippen molar-refractivity contribution in [3.05, 3.63) is 65.9 Å². The van der Waals surface area contributed by atoms with Crippen molar-refractivity contribution in [2.24, 2.45) is 0 Å². The van der Waals surface area contributed by atoms with Gasteiger partial charge in [0.25, 0.3) is 5.91 Å². The molecule has 8 heteroatoms. The minimum atomic E-state index is -2.94. The number of carbonyl (C=O) groups excluding carboxylic acids is 1. The van der Waals surface area contributed by atoms with E-state index in [0.29, 0.717) is 41.4 Å². The van der Waals surface area contributed by atoms with Crippen LogP contribution in [-0.4, -0.2) is 65.5 Å². The Kier molecular flexibility index (Phi) is 6.41. The first-order valence-electron chi connectivity index (χ1n) is 10.4. The number of piperazine rings is 1. The summed E-state index contributed by atoms with van der Waals surface area (Å²) >= 11 is 0. The summed E-state index contributed by atoms with van der Waals surface area (Å²) in [6.45, 7) is 1.60. The van der Waals surface area contributed by atoms with Gasteiger partial charge in [0.05, 0.1) is 17.0 Å². The summed E-state index contributed by atoms with van der Waals surface area (Å²) in [6, 6.07) is 15.7. The lowest BCUT2D eigenvalue weighted by molar-refractivity contribution is -0.0498. The second-order valence-corrected chi connectivity index (χ2v) is 7.72. The number of rotatable bonds is 5. The summed E-state index contributed by atoms with van der Waals surface area (Å²) < 4.78 is 30.1. The van der Waals surface area contributed by atoms with E-state index in [4.69, 9.17) is 4.98 Å². The van der Waals surface area contributed by atoms with E-state index in [1.165, 1.54) is 12.1 Å². The van der Waals surface area contributed by atoms with Crippen LogP contribution >= 0.6 is 0 Å². The fourth-order valence-electron chi connectivity index (χ4n) is 3.74. The number of nitrogens with zero attached hydrogens (tertiary/aromatic N) is 4. The summed E-state index contributed by atoms with van der Waals surface area (Å²) in [5.74, 6) is 0.312. The molecule has 2 heterocycles. The van der Waals surface area contributed by atoms with Crippen LogP contribution in [-0.2, 0) is 0 Å². The zero-order valence-electron chi connectivity index (χ0n) is 18.0. The number of amides is 1. The maximum atomic E-state index is 13.5. The van der Waals surface area contributed by atoms with Gasteiger partial charge in [0.1, 0.15) is 5.75 Å². The molecular weight excluding hydrogens is 414 g/mol. The average Bonchev–Trinajstić information content (AvgIpc) is 2.79. The minimum absolute atomic E-state index is 0.00743. The highest BCUT2D eigenvalue weighted by Gasteiger charge is 2.27. The van der Waals surface area contributed by atoms with E-state index in [2.05, 4.69) is 14.6 Å². The molecular formula is C24H24F2N4O2. The predicted molar refractivity (Wildman–Crippen MR) is 118 cm³/mol. The molecule has 0 N–H and O–H groups in total. The standard InChI is InChI=1S/C24H24F2N4O2/c1-16-20(23(31)30-13-11-29(2)12-14-30)21(18-9-6-10-19(15-18)32-24(25)26)28-22(27-16)17-7-4-3-5-8-17/h3-10,15,24H,11-14H2,1-2H3. The second kappa shape index (κ2) is 9.40. The van der Waals surface area contributed by atoms with Crippen LogP contribution in [0.25, 0.3) is 22.6 Å². The fraction of sp³-hybridized carbons (Fsp3) is 0.292. The van der Waals surface area contributed by atoms with Gasteiger partial charge in [-0.3, -0.25) is 4.79 Å². The Labute approximate surface area is 185 Å². The topological polar surface area (TPSA) is 58.6 Å². The summed E-state index contributed by atoms with van der Waals surface area (Å²) in [5, 5.41) is 0. The molecule has 1 aliphatic heterocycles. The number of hydrogen-bond donors (Lipinski definition) is 0. The number of benzene rings is 2. The Hall–Kier alpha value is -3.39. The molecule has 3 aromatic rings. The Morgan fingerprint density at radius 2 is 1.66 bits per heavy atom. The van der Waals surface area contributed by atoms with Gasteiger partial charge in [-0.1, -0.05) is 42.5 Å². The van der Waals surface area contributed by atoms with Crippen molar-refractivity contribution in [2.45, 2.75) is 13.5 Å². The molecule has 1 aliphatic rings. The van der Waals surface area contributed by atoms with Crippen LogP contribution in [0.3, 0.4) is 0 Å². The lowest BCUT2D eigenvalue weighted by Crippen LogP contribution is -2.47. The molecule has 6 nitrogen and oxygen atoms in total. The molecule has 0 saturated carbocycles. The highest BCUT2D eigenvalue weighted by atomic mass is 19.3. The van der Waals surface area contributed by atoms with Crippen molar-refractivity contribution >= 4 is 5.91 Å². The molecule has 0 atom stereocenters. The monoisotopic (exact) mass is 438 g/mol. The first kappa shape index (κ1) is 21.8. The normalized spacial score (nSPS) is 14.6. The zero-order chi connectivity index (χ0) is 22.7. The van der Waals surface area contributed by atoms with Crippen LogP contribution in [0.1, 0.15) is 16.1 Å². The molecule has 1 fully saturated rings. The Bertz CT molecular complexity index is 1100. The maximum absolute atomic E-state index is 13.5. The number of ether oxygens (including phenoxy) is 1. The Balaban J connectivity index is 1.83. The minimum Gasteiger partial charge on any atom is -0.435 e. The molecule has 1 amide bonds. The van der Waals surface area contributed by atoms with Gasteiger partial charge in [-0.15, -0.1) is 0 Å². The summed E-state index contributed by atoms with van der Waals surface area (Å²) in [5.41, 5.74) is 2.64. The SMILES string of the molecule is Cc1nc(-c2ccccc2)nc(-c2cccc(OC(F)F)c2)c1C(=O)N1CCN(C)CC1. The van der Waals surface area contributed by atoms with Crippen LogP contribution in [0.2, 0.25) is 0 Å². The summed E-state index contributed by atoms with van der Waals surface area (Å²) in [4.78, 5) is 26.8. The van der Waals surface area contributed by atoms with E-state index in [-0.39, 0.29) is 11.7 Å². The molecule has 2 aromatic carbocycles. The van der Waals surface area contributed by atoms with E-state index in [9.17, 15) is 13.6 Å². The number of aryl methyl sites for hydroxylation is 1. The molecule has 1 saturated heterocycles.